The molecule has 0 atom stereocenters. The monoisotopic (exact) mass is 418 g/mol. The summed E-state index contributed by atoms with van der Waals surface area (Å²) in [6.07, 6.45) is 7.08. The van der Waals surface area contributed by atoms with E-state index in [1.54, 1.807) is 0 Å². The van der Waals surface area contributed by atoms with Gasteiger partial charge in [0.25, 0.3) is 5.91 Å². The molecule has 1 amide bonds. The van der Waals surface area contributed by atoms with E-state index >= 15 is 0 Å². The highest BCUT2D eigenvalue weighted by atomic mass is 16.2. The van der Waals surface area contributed by atoms with Gasteiger partial charge < -0.3 is 9.88 Å². The maximum absolute atomic E-state index is 13.1. The van der Waals surface area contributed by atoms with Crippen molar-refractivity contribution in [2.24, 2.45) is 5.92 Å². The number of benzene rings is 1. The molecule has 5 heteroatoms. The van der Waals surface area contributed by atoms with Crippen molar-refractivity contribution in [1.29, 1.82) is 0 Å². The molecule has 1 fully saturated rings. The number of fused-ring (bicyclic) bond motifs is 1. The van der Waals surface area contributed by atoms with Gasteiger partial charge in [-0.05, 0) is 82.8 Å². The van der Waals surface area contributed by atoms with Gasteiger partial charge in [-0.25, -0.2) is 0 Å². The first-order chi connectivity index (χ1) is 15.0. The quantitative estimate of drug-likeness (QED) is 0.602. The molecule has 1 N–H and O–H groups in total. The number of likely N-dealkylation sites (tertiary alicyclic amines) is 1. The van der Waals surface area contributed by atoms with Gasteiger partial charge in [0.1, 0.15) is 5.69 Å². The number of pyridine rings is 1. The SMILES string of the molecule is CCN(CC1CCN(C(C)(C)Cc2cccnc2)CC1)C(=O)c1cc2ccccc2[nH]1. The van der Waals surface area contributed by atoms with Gasteiger partial charge in [0.2, 0.25) is 0 Å². The van der Waals surface area contributed by atoms with Crippen molar-refractivity contribution >= 4 is 16.8 Å². The number of amides is 1. The number of hydrogen-bond donors (Lipinski definition) is 1. The van der Waals surface area contributed by atoms with E-state index < -0.39 is 0 Å². The van der Waals surface area contributed by atoms with Crippen LogP contribution < -0.4 is 0 Å². The number of carbonyl (C=O) groups excluding carboxylic acids is 1. The Morgan fingerprint density at radius 1 is 1.19 bits per heavy atom. The molecular weight excluding hydrogens is 384 g/mol. The maximum atomic E-state index is 13.1. The maximum Gasteiger partial charge on any atom is 0.270 e. The van der Waals surface area contributed by atoms with E-state index in [1.807, 2.05) is 53.7 Å². The first kappa shape index (κ1) is 21.6. The van der Waals surface area contributed by atoms with Crippen molar-refractivity contribution in [3.63, 3.8) is 0 Å². The summed E-state index contributed by atoms with van der Waals surface area (Å²) in [6.45, 7) is 10.5. The van der Waals surface area contributed by atoms with E-state index in [-0.39, 0.29) is 11.4 Å². The molecular formula is C26H34N4O. The Bertz CT molecular complexity index is 969. The second kappa shape index (κ2) is 9.23. The number of nitrogens with one attached hydrogen (secondary N) is 1. The zero-order valence-electron chi connectivity index (χ0n) is 19.0. The van der Waals surface area contributed by atoms with Crippen molar-refractivity contribution in [2.75, 3.05) is 26.2 Å². The zero-order chi connectivity index (χ0) is 21.8. The molecule has 1 aliphatic rings. The molecule has 1 aliphatic heterocycles. The molecule has 31 heavy (non-hydrogen) atoms. The lowest BCUT2D eigenvalue weighted by Gasteiger charge is -2.44. The van der Waals surface area contributed by atoms with Crippen LogP contribution in [0.25, 0.3) is 10.9 Å². The fourth-order valence-electron chi connectivity index (χ4n) is 4.86. The smallest absolute Gasteiger partial charge is 0.270 e. The Hall–Kier alpha value is -2.66. The van der Waals surface area contributed by atoms with Crippen molar-refractivity contribution in [3.05, 3.63) is 66.1 Å². The lowest BCUT2D eigenvalue weighted by Crippen LogP contribution is -2.50. The summed E-state index contributed by atoms with van der Waals surface area (Å²) in [5, 5.41) is 1.09. The molecule has 1 saturated heterocycles. The Balaban J connectivity index is 1.34. The standard InChI is InChI=1S/C26H34N4O/c1-4-29(25(31)24-16-22-9-5-6-10-23(22)28-24)19-20-11-14-30(15-12-20)26(2,3)17-21-8-7-13-27-18-21/h5-10,13,16,18,20,28H,4,11-12,14-15,17,19H2,1-3H3. The third-order valence-corrected chi connectivity index (χ3v) is 6.74. The van der Waals surface area contributed by atoms with Crippen molar-refractivity contribution in [1.82, 2.24) is 19.8 Å². The molecule has 4 rings (SSSR count). The summed E-state index contributed by atoms with van der Waals surface area (Å²) in [5.41, 5.74) is 3.11. The van der Waals surface area contributed by atoms with Crippen LogP contribution in [-0.2, 0) is 6.42 Å². The van der Waals surface area contributed by atoms with Crippen LogP contribution in [0.1, 0.15) is 49.7 Å². The molecule has 1 aromatic carbocycles. The van der Waals surface area contributed by atoms with Gasteiger partial charge >= 0.3 is 0 Å². The normalized spacial score (nSPS) is 16.0. The van der Waals surface area contributed by atoms with E-state index in [0.717, 1.165) is 56.3 Å². The molecule has 0 unspecified atom stereocenters. The molecule has 3 aromatic rings. The second-order valence-corrected chi connectivity index (χ2v) is 9.39. The summed E-state index contributed by atoms with van der Waals surface area (Å²) < 4.78 is 0. The number of carbonyl (C=O) groups is 1. The number of aromatic amines is 1. The average Bonchev–Trinajstić information content (AvgIpc) is 3.22. The Morgan fingerprint density at radius 2 is 1.97 bits per heavy atom. The zero-order valence-corrected chi connectivity index (χ0v) is 19.0. The molecule has 0 bridgehead atoms. The van der Waals surface area contributed by atoms with Crippen molar-refractivity contribution < 1.29 is 4.79 Å². The lowest BCUT2D eigenvalue weighted by atomic mass is 9.88. The van der Waals surface area contributed by atoms with Crippen LogP contribution >= 0.6 is 0 Å². The van der Waals surface area contributed by atoms with Crippen LogP contribution in [0.2, 0.25) is 0 Å². The van der Waals surface area contributed by atoms with Crippen molar-refractivity contribution in [3.8, 4) is 0 Å². The number of piperidine rings is 1. The number of nitrogens with zero attached hydrogens (tertiary/aromatic N) is 3. The van der Waals surface area contributed by atoms with Gasteiger partial charge in [0.15, 0.2) is 0 Å². The van der Waals surface area contributed by atoms with Crippen LogP contribution in [0, 0.1) is 5.92 Å². The van der Waals surface area contributed by atoms with E-state index in [1.165, 1.54) is 5.56 Å². The molecule has 0 radical (unpaired) electrons. The third-order valence-electron chi connectivity index (χ3n) is 6.74. The fourth-order valence-corrected chi connectivity index (χ4v) is 4.86. The van der Waals surface area contributed by atoms with E-state index in [4.69, 9.17) is 0 Å². The Morgan fingerprint density at radius 3 is 2.65 bits per heavy atom. The first-order valence-corrected chi connectivity index (χ1v) is 11.5. The van der Waals surface area contributed by atoms with Gasteiger partial charge in [-0.15, -0.1) is 0 Å². The van der Waals surface area contributed by atoms with E-state index in [9.17, 15) is 4.79 Å². The van der Waals surface area contributed by atoms with Gasteiger partial charge in [0, 0.05) is 41.9 Å². The number of rotatable bonds is 7. The minimum absolute atomic E-state index is 0.109. The predicted octanol–water partition coefficient (Wildman–Crippen LogP) is 4.76. The lowest BCUT2D eigenvalue weighted by molar-refractivity contribution is 0.0546. The Labute approximate surface area is 185 Å². The van der Waals surface area contributed by atoms with Crippen LogP contribution in [0.15, 0.2) is 54.9 Å². The van der Waals surface area contributed by atoms with Crippen LogP contribution in [0.4, 0.5) is 0 Å². The highest BCUT2D eigenvalue weighted by Gasteiger charge is 2.32. The molecule has 164 valence electrons. The summed E-state index contributed by atoms with van der Waals surface area (Å²) in [7, 11) is 0. The highest BCUT2D eigenvalue weighted by Crippen LogP contribution is 2.28. The largest absolute Gasteiger partial charge is 0.351 e. The summed E-state index contributed by atoms with van der Waals surface area (Å²) in [4.78, 5) is 25.3. The van der Waals surface area contributed by atoms with Crippen LogP contribution in [0.3, 0.4) is 0 Å². The van der Waals surface area contributed by atoms with Gasteiger partial charge in [-0.2, -0.15) is 0 Å². The fraction of sp³-hybridized carbons (Fsp3) is 0.462. The summed E-state index contributed by atoms with van der Waals surface area (Å²) >= 11 is 0. The highest BCUT2D eigenvalue weighted by molar-refractivity contribution is 5.98. The molecule has 2 aromatic heterocycles. The number of para-hydroxylation sites is 1. The number of aromatic nitrogens is 2. The Kier molecular flexibility index (Phi) is 6.42. The predicted molar refractivity (Wildman–Crippen MR) is 126 cm³/mol. The van der Waals surface area contributed by atoms with Gasteiger partial charge in [-0.1, -0.05) is 24.3 Å². The van der Waals surface area contributed by atoms with Gasteiger partial charge in [0.05, 0.1) is 0 Å². The average molecular weight is 419 g/mol. The van der Waals surface area contributed by atoms with Gasteiger partial charge in [-0.3, -0.25) is 14.7 Å². The second-order valence-electron chi connectivity index (χ2n) is 9.39. The summed E-state index contributed by atoms with van der Waals surface area (Å²) in [5.74, 6) is 0.664. The summed E-state index contributed by atoms with van der Waals surface area (Å²) in [6, 6.07) is 14.2. The molecule has 0 saturated carbocycles. The van der Waals surface area contributed by atoms with E-state index in [0.29, 0.717) is 11.6 Å². The minimum atomic E-state index is 0.109. The molecule has 0 spiro atoms. The first-order valence-electron chi connectivity index (χ1n) is 11.5. The third kappa shape index (κ3) is 4.99. The van der Waals surface area contributed by atoms with Crippen molar-refractivity contribution in [2.45, 2.75) is 45.6 Å². The van der Waals surface area contributed by atoms with Crippen LogP contribution in [0.5, 0.6) is 0 Å². The van der Waals surface area contributed by atoms with E-state index in [2.05, 4.69) is 41.7 Å². The number of hydrogen-bond acceptors (Lipinski definition) is 3. The topological polar surface area (TPSA) is 52.2 Å². The minimum Gasteiger partial charge on any atom is -0.351 e. The molecule has 5 nitrogen and oxygen atoms in total. The number of H-pyrrole nitrogens is 1. The van der Waals surface area contributed by atoms with Crippen LogP contribution in [-0.4, -0.2) is 57.4 Å². The molecule has 0 aliphatic carbocycles. The molecule has 3 heterocycles.